The number of rotatable bonds is 4. The molecular formula is C8H17O2Si. The monoisotopic (exact) mass is 173 g/mol. The molecule has 0 saturated heterocycles. The maximum absolute atomic E-state index is 5.74. The Morgan fingerprint density at radius 3 is 2.55 bits per heavy atom. The molecule has 0 N–H and O–H groups in total. The third-order valence-corrected chi connectivity index (χ3v) is 2.27. The smallest absolute Gasteiger partial charge is 0.184 e. The second-order valence-electron chi connectivity index (χ2n) is 3.83. The van der Waals surface area contributed by atoms with E-state index in [1.807, 2.05) is 6.92 Å². The van der Waals surface area contributed by atoms with Crippen LogP contribution in [0.1, 0.15) is 13.3 Å². The zero-order chi connectivity index (χ0) is 8.48. The molecule has 0 heterocycles. The van der Waals surface area contributed by atoms with Crippen LogP contribution in [0.15, 0.2) is 0 Å². The summed E-state index contributed by atoms with van der Waals surface area (Å²) in [5.74, 6) is 0. The van der Waals surface area contributed by atoms with Crippen molar-refractivity contribution in [1.29, 1.82) is 0 Å². The summed E-state index contributed by atoms with van der Waals surface area (Å²) in [5.41, 5.74) is 0. The maximum atomic E-state index is 5.74. The van der Waals surface area contributed by atoms with E-state index in [9.17, 15) is 0 Å². The van der Waals surface area contributed by atoms with Gasteiger partial charge >= 0.3 is 0 Å². The van der Waals surface area contributed by atoms with Crippen molar-refractivity contribution in [3.05, 3.63) is 6.10 Å². The molecule has 11 heavy (non-hydrogen) atoms. The van der Waals surface area contributed by atoms with E-state index in [2.05, 4.69) is 19.6 Å². The predicted octanol–water partition coefficient (Wildman–Crippen LogP) is 2.18. The Bertz CT molecular complexity index is 131. The van der Waals surface area contributed by atoms with Crippen LogP contribution in [0.25, 0.3) is 0 Å². The standard InChI is InChI=1S/C8H17O2Si/c1-5-9-7-6-8(7)10-11(2,3)4/h7H,5-6H2,1-4H3. The summed E-state index contributed by atoms with van der Waals surface area (Å²) in [6.07, 6.45) is 2.52. The first-order valence-corrected chi connectivity index (χ1v) is 7.60. The van der Waals surface area contributed by atoms with Crippen LogP contribution in [-0.2, 0) is 9.16 Å². The Hall–Kier alpha value is 0.137. The molecule has 0 bridgehead atoms. The molecule has 1 radical (unpaired) electrons. The van der Waals surface area contributed by atoms with Gasteiger partial charge in [0.2, 0.25) is 0 Å². The quantitative estimate of drug-likeness (QED) is 0.607. The van der Waals surface area contributed by atoms with Crippen molar-refractivity contribution < 1.29 is 9.16 Å². The molecule has 2 nitrogen and oxygen atoms in total. The van der Waals surface area contributed by atoms with E-state index in [0.717, 1.165) is 13.0 Å². The molecule has 65 valence electrons. The molecule has 1 saturated carbocycles. The Labute approximate surface area is 70.0 Å². The summed E-state index contributed by atoms with van der Waals surface area (Å²) < 4.78 is 11.1. The van der Waals surface area contributed by atoms with Gasteiger partial charge in [0.05, 0.1) is 6.10 Å². The minimum absolute atomic E-state index is 0.326. The first-order chi connectivity index (χ1) is 5.03. The number of hydrogen-bond donors (Lipinski definition) is 0. The van der Waals surface area contributed by atoms with Crippen molar-refractivity contribution in [3.63, 3.8) is 0 Å². The van der Waals surface area contributed by atoms with Gasteiger partial charge in [0.25, 0.3) is 0 Å². The maximum Gasteiger partial charge on any atom is 0.184 e. The third-order valence-electron chi connectivity index (χ3n) is 1.39. The third kappa shape index (κ3) is 3.36. The van der Waals surface area contributed by atoms with Gasteiger partial charge in [-0.05, 0) is 26.6 Å². The van der Waals surface area contributed by atoms with Crippen molar-refractivity contribution in [3.8, 4) is 0 Å². The fourth-order valence-electron chi connectivity index (χ4n) is 0.978. The lowest BCUT2D eigenvalue weighted by Crippen LogP contribution is -2.25. The molecule has 1 aliphatic rings. The van der Waals surface area contributed by atoms with Crippen molar-refractivity contribution in [2.45, 2.75) is 39.1 Å². The Balaban J connectivity index is 2.13. The van der Waals surface area contributed by atoms with E-state index < -0.39 is 8.32 Å². The highest BCUT2D eigenvalue weighted by Crippen LogP contribution is 2.39. The van der Waals surface area contributed by atoms with Gasteiger partial charge in [0.1, 0.15) is 6.10 Å². The summed E-state index contributed by atoms with van der Waals surface area (Å²) in [4.78, 5) is 0. The van der Waals surface area contributed by atoms with Crippen molar-refractivity contribution >= 4 is 8.32 Å². The molecule has 1 aliphatic carbocycles. The summed E-state index contributed by atoms with van der Waals surface area (Å²) in [6.45, 7) is 9.40. The van der Waals surface area contributed by atoms with Gasteiger partial charge in [-0.1, -0.05) is 0 Å². The average Bonchev–Trinajstić information content (AvgIpc) is 2.44. The molecule has 0 aromatic carbocycles. The van der Waals surface area contributed by atoms with Crippen molar-refractivity contribution in [2.24, 2.45) is 0 Å². The van der Waals surface area contributed by atoms with Crippen LogP contribution in [0, 0.1) is 6.10 Å². The second kappa shape index (κ2) is 3.25. The van der Waals surface area contributed by atoms with Crippen molar-refractivity contribution in [2.75, 3.05) is 6.61 Å². The Morgan fingerprint density at radius 2 is 2.09 bits per heavy atom. The Morgan fingerprint density at radius 1 is 1.45 bits per heavy atom. The van der Waals surface area contributed by atoms with E-state index in [4.69, 9.17) is 9.16 Å². The van der Waals surface area contributed by atoms with Crippen LogP contribution in [0.3, 0.4) is 0 Å². The zero-order valence-corrected chi connectivity index (χ0v) is 8.81. The summed E-state index contributed by atoms with van der Waals surface area (Å²) in [5, 5.41) is 0. The van der Waals surface area contributed by atoms with Crippen LogP contribution in [0.5, 0.6) is 0 Å². The second-order valence-corrected chi connectivity index (χ2v) is 8.26. The van der Waals surface area contributed by atoms with E-state index in [1.165, 1.54) is 6.10 Å². The van der Waals surface area contributed by atoms with Gasteiger partial charge in [0.15, 0.2) is 8.32 Å². The van der Waals surface area contributed by atoms with Gasteiger partial charge < -0.3 is 9.16 Å². The van der Waals surface area contributed by atoms with Crippen LogP contribution >= 0.6 is 0 Å². The molecule has 0 spiro atoms. The van der Waals surface area contributed by atoms with Crippen LogP contribution in [-0.4, -0.2) is 21.0 Å². The minimum atomic E-state index is -1.35. The molecule has 0 aromatic rings. The molecule has 1 fully saturated rings. The van der Waals surface area contributed by atoms with Gasteiger partial charge in [-0.3, -0.25) is 0 Å². The highest BCUT2D eigenvalue weighted by atomic mass is 28.4. The lowest BCUT2D eigenvalue weighted by atomic mass is 10.7. The number of hydrogen-bond acceptors (Lipinski definition) is 2. The highest BCUT2D eigenvalue weighted by Gasteiger charge is 2.43. The lowest BCUT2D eigenvalue weighted by Gasteiger charge is -2.16. The molecule has 0 aliphatic heterocycles. The molecule has 0 aromatic heterocycles. The topological polar surface area (TPSA) is 18.5 Å². The largest absolute Gasteiger partial charge is 0.406 e. The first kappa shape index (κ1) is 9.23. The van der Waals surface area contributed by atoms with Crippen LogP contribution in [0.4, 0.5) is 0 Å². The SMILES string of the molecule is CCOC1C[C]1O[Si](C)(C)C. The Kier molecular flexibility index (Phi) is 2.73. The van der Waals surface area contributed by atoms with Gasteiger partial charge in [-0.2, -0.15) is 0 Å². The van der Waals surface area contributed by atoms with E-state index >= 15 is 0 Å². The number of ether oxygens (including phenoxy) is 1. The first-order valence-electron chi connectivity index (χ1n) is 4.19. The molecule has 3 heteroatoms. The molecule has 0 amide bonds. The average molecular weight is 173 g/mol. The molecule has 1 atom stereocenters. The molecule has 1 rings (SSSR count). The highest BCUT2D eigenvalue weighted by molar-refractivity contribution is 6.70. The zero-order valence-electron chi connectivity index (χ0n) is 7.81. The summed E-state index contributed by atoms with van der Waals surface area (Å²) in [6, 6.07) is 0. The van der Waals surface area contributed by atoms with E-state index in [-0.39, 0.29) is 0 Å². The summed E-state index contributed by atoms with van der Waals surface area (Å²) in [7, 11) is -1.35. The molecule has 1 unspecified atom stereocenters. The lowest BCUT2D eigenvalue weighted by molar-refractivity contribution is 0.120. The fraction of sp³-hybridized carbons (Fsp3) is 0.875. The van der Waals surface area contributed by atoms with Crippen LogP contribution < -0.4 is 0 Å². The van der Waals surface area contributed by atoms with Gasteiger partial charge in [-0.15, -0.1) is 0 Å². The van der Waals surface area contributed by atoms with Crippen LogP contribution in [0.2, 0.25) is 19.6 Å². The van der Waals surface area contributed by atoms with Gasteiger partial charge in [0, 0.05) is 13.0 Å². The normalized spacial score (nSPS) is 25.6. The minimum Gasteiger partial charge on any atom is -0.406 e. The molecular weight excluding hydrogens is 156 g/mol. The van der Waals surface area contributed by atoms with Gasteiger partial charge in [-0.25, -0.2) is 0 Å². The summed E-state index contributed by atoms with van der Waals surface area (Å²) >= 11 is 0. The van der Waals surface area contributed by atoms with E-state index in [1.54, 1.807) is 0 Å². The fourth-order valence-corrected chi connectivity index (χ4v) is 1.98. The van der Waals surface area contributed by atoms with E-state index in [0.29, 0.717) is 6.10 Å². The van der Waals surface area contributed by atoms with Crippen molar-refractivity contribution in [1.82, 2.24) is 0 Å². The predicted molar refractivity (Wildman–Crippen MR) is 47.7 cm³/mol.